The van der Waals surface area contributed by atoms with Gasteiger partial charge in [0, 0.05) is 18.7 Å². The first-order valence-corrected chi connectivity index (χ1v) is 6.53. The van der Waals surface area contributed by atoms with Crippen LogP contribution in [0.5, 0.6) is 5.75 Å². The highest BCUT2D eigenvalue weighted by atomic mass is 16.5. The molecule has 3 heteroatoms. The van der Waals surface area contributed by atoms with Crippen molar-refractivity contribution >= 4 is 6.08 Å². The standard InChI is InChI=1S/C15H24N2O/c1-13(2)17-10-6-12-18-15-8-5-4-7-14(15)9-11-16-3/h4-5,7-9,11,13,16-17H,6,10,12H2,1-3H3/b11-9-. The predicted octanol–water partition coefficient (Wildman–Crippen LogP) is 2.64. The molecule has 0 radical (unpaired) electrons. The first kappa shape index (κ1) is 14.6. The van der Waals surface area contributed by atoms with E-state index in [1.807, 2.05) is 37.5 Å². The van der Waals surface area contributed by atoms with Crippen LogP contribution in [-0.2, 0) is 0 Å². The number of hydrogen-bond acceptors (Lipinski definition) is 3. The fraction of sp³-hybridized carbons (Fsp3) is 0.467. The normalized spacial score (nSPS) is 11.1. The molecule has 18 heavy (non-hydrogen) atoms. The minimum Gasteiger partial charge on any atom is -0.493 e. The highest BCUT2D eigenvalue weighted by Gasteiger charge is 1.99. The van der Waals surface area contributed by atoms with Gasteiger partial charge in [-0.3, -0.25) is 0 Å². The van der Waals surface area contributed by atoms with Crippen molar-refractivity contribution in [3.8, 4) is 5.75 Å². The molecule has 1 aromatic rings. The summed E-state index contributed by atoms with van der Waals surface area (Å²) in [4.78, 5) is 0. The van der Waals surface area contributed by atoms with Gasteiger partial charge in [-0.1, -0.05) is 32.0 Å². The first-order valence-electron chi connectivity index (χ1n) is 6.53. The van der Waals surface area contributed by atoms with E-state index in [0.29, 0.717) is 6.04 Å². The quantitative estimate of drug-likeness (QED) is 0.694. The Labute approximate surface area is 110 Å². The second-order valence-corrected chi connectivity index (χ2v) is 4.47. The van der Waals surface area contributed by atoms with Crippen LogP contribution in [0.1, 0.15) is 25.8 Å². The Morgan fingerprint density at radius 1 is 1.28 bits per heavy atom. The smallest absolute Gasteiger partial charge is 0.126 e. The third-order valence-corrected chi connectivity index (χ3v) is 2.48. The van der Waals surface area contributed by atoms with E-state index in [4.69, 9.17) is 4.74 Å². The maximum atomic E-state index is 5.80. The lowest BCUT2D eigenvalue weighted by molar-refractivity contribution is 0.305. The molecule has 1 rings (SSSR count). The number of para-hydroxylation sites is 1. The van der Waals surface area contributed by atoms with Crippen molar-refractivity contribution < 1.29 is 4.74 Å². The summed E-state index contributed by atoms with van der Waals surface area (Å²) in [5.41, 5.74) is 1.10. The molecule has 0 amide bonds. The average Bonchev–Trinajstić information content (AvgIpc) is 2.36. The van der Waals surface area contributed by atoms with Crippen LogP contribution in [0.4, 0.5) is 0 Å². The Morgan fingerprint density at radius 3 is 2.78 bits per heavy atom. The number of rotatable bonds is 8. The Hall–Kier alpha value is -1.48. The SMILES string of the molecule is CN/C=C\c1ccccc1OCCCNC(C)C. The topological polar surface area (TPSA) is 33.3 Å². The van der Waals surface area contributed by atoms with Gasteiger partial charge >= 0.3 is 0 Å². The van der Waals surface area contributed by atoms with Gasteiger partial charge in [-0.05, 0) is 31.3 Å². The highest BCUT2D eigenvalue weighted by Crippen LogP contribution is 2.19. The molecule has 0 atom stereocenters. The molecule has 0 heterocycles. The molecule has 1 aromatic carbocycles. The van der Waals surface area contributed by atoms with Crippen LogP contribution in [0.2, 0.25) is 0 Å². The number of ether oxygens (including phenoxy) is 1. The lowest BCUT2D eigenvalue weighted by atomic mass is 10.2. The lowest BCUT2D eigenvalue weighted by Gasteiger charge is -2.11. The predicted molar refractivity (Wildman–Crippen MR) is 77.8 cm³/mol. The van der Waals surface area contributed by atoms with E-state index in [2.05, 4.69) is 30.5 Å². The number of benzene rings is 1. The summed E-state index contributed by atoms with van der Waals surface area (Å²) in [6, 6.07) is 8.61. The zero-order chi connectivity index (χ0) is 13.2. The van der Waals surface area contributed by atoms with Gasteiger partial charge in [-0.25, -0.2) is 0 Å². The molecule has 0 aliphatic rings. The molecule has 0 spiro atoms. The molecule has 2 N–H and O–H groups in total. The summed E-state index contributed by atoms with van der Waals surface area (Å²) < 4.78 is 5.80. The van der Waals surface area contributed by atoms with E-state index in [1.54, 1.807) is 0 Å². The lowest BCUT2D eigenvalue weighted by Crippen LogP contribution is -2.24. The molecule has 0 aliphatic heterocycles. The van der Waals surface area contributed by atoms with E-state index < -0.39 is 0 Å². The average molecular weight is 248 g/mol. The van der Waals surface area contributed by atoms with Gasteiger partial charge in [0.2, 0.25) is 0 Å². The van der Waals surface area contributed by atoms with Crippen LogP contribution in [0.15, 0.2) is 30.5 Å². The minimum absolute atomic E-state index is 0.538. The van der Waals surface area contributed by atoms with Crippen molar-refractivity contribution in [2.45, 2.75) is 26.3 Å². The Bertz CT molecular complexity index is 361. The number of nitrogens with one attached hydrogen (secondary N) is 2. The maximum Gasteiger partial charge on any atom is 0.126 e. The minimum atomic E-state index is 0.538. The Morgan fingerprint density at radius 2 is 2.06 bits per heavy atom. The fourth-order valence-electron chi connectivity index (χ4n) is 1.57. The van der Waals surface area contributed by atoms with E-state index >= 15 is 0 Å². The third kappa shape index (κ3) is 5.73. The van der Waals surface area contributed by atoms with Crippen LogP contribution in [0.3, 0.4) is 0 Å². The van der Waals surface area contributed by atoms with Gasteiger partial charge in [-0.2, -0.15) is 0 Å². The van der Waals surface area contributed by atoms with Gasteiger partial charge in [0.25, 0.3) is 0 Å². The molecule has 0 bridgehead atoms. The van der Waals surface area contributed by atoms with Gasteiger partial charge in [0.1, 0.15) is 5.75 Å². The summed E-state index contributed by atoms with van der Waals surface area (Å²) in [6.07, 6.45) is 4.94. The Balaban J connectivity index is 2.39. The van der Waals surface area contributed by atoms with Crippen molar-refractivity contribution in [3.63, 3.8) is 0 Å². The second-order valence-electron chi connectivity index (χ2n) is 4.47. The highest BCUT2D eigenvalue weighted by molar-refractivity contribution is 5.56. The van der Waals surface area contributed by atoms with Crippen molar-refractivity contribution in [3.05, 3.63) is 36.0 Å². The summed E-state index contributed by atoms with van der Waals surface area (Å²) in [5, 5.41) is 6.36. The molecule has 100 valence electrons. The molecule has 3 nitrogen and oxygen atoms in total. The molecular weight excluding hydrogens is 224 g/mol. The molecule has 0 fully saturated rings. The fourth-order valence-corrected chi connectivity index (χ4v) is 1.57. The van der Waals surface area contributed by atoms with Crippen molar-refractivity contribution in [1.82, 2.24) is 10.6 Å². The zero-order valence-corrected chi connectivity index (χ0v) is 11.6. The van der Waals surface area contributed by atoms with Crippen LogP contribution < -0.4 is 15.4 Å². The molecule has 0 saturated carbocycles. The molecule has 0 saturated heterocycles. The van der Waals surface area contributed by atoms with Gasteiger partial charge in [-0.15, -0.1) is 0 Å². The van der Waals surface area contributed by atoms with Gasteiger partial charge in [0.05, 0.1) is 6.61 Å². The third-order valence-electron chi connectivity index (χ3n) is 2.48. The zero-order valence-electron chi connectivity index (χ0n) is 11.6. The Kier molecular flexibility index (Phi) is 6.96. The number of hydrogen-bond donors (Lipinski definition) is 2. The van der Waals surface area contributed by atoms with E-state index in [1.165, 1.54) is 0 Å². The van der Waals surface area contributed by atoms with E-state index in [-0.39, 0.29) is 0 Å². The van der Waals surface area contributed by atoms with Crippen molar-refractivity contribution in [1.29, 1.82) is 0 Å². The van der Waals surface area contributed by atoms with Crippen LogP contribution in [0.25, 0.3) is 6.08 Å². The molecule has 0 unspecified atom stereocenters. The van der Waals surface area contributed by atoms with Crippen LogP contribution in [-0.4, -0.2) is 26.2 Å². The first-order chi connectivity index (χ1) is 8.74. The van der Waals surface area contributed by atoms with Crippen LogP contribution >= 0.6 is 0 Å². The summed E-state index contributed by atoms with van der Waals surface area (Å²) >= 11 is 0. The molecular formula is C15H24N2O. The van der Waals surface area contributed by atoms with Crippen LogP contribution in [0, 0.1) is 0 Å². The maximum absolute atomic E-state index is 5.80. The summed E-state index contributed by atoms with van der Waals surface area (Å²) in [6.45, 7) is 6.04. The van der Waals surface area contributed by atoms with Crippen molar-refractivity contribution in [2.75, 3.05) is 20.2 Å². The van der Waals surface area contributed by atoms with E-state index in [0.717, 1.165) is 30.9 Å². The molecule has 0 aromatic heterocycles. The van der Waals surface area contributed by atoms with Crippen molar-refractivity contribution in [2.24, 2.45) is 0 Å². The van der Waals surface area contributed by atoms with Gasteiger partial charge < -0.3 is 15.4 Å². The van der Waals surface area contributed by atoms with Gasteiger partial charge in [0.15, 0.2) is 0 Å². The molecule has 0 aliphatic carbocycles. The largest absolute Gasteiger partial charge is 0.493 e. The summed E-state index contributed by atoms with van der Waals surface area (Å²) in [5.74, 6) is 0.938. The summed E-state index contributed by atoms with van der Waals surface area (Å²) in [7, 11) is 1.89. The second kappa shape index (κ2) is 8.59. The van der Waals surface area contributed by atoms with E-state index in [9.17, 15) is 0 Å². The monoisotopic (exact) mass is 248 g/mol.